The molecule has 0 amide bonds. The molecule has 0 aromatic carbocycles. The van der Waals surface area contributed by atoms with Crippen molar-refractivity contribution in [1.82, 2.24) is 0 Å². The zero-order valence-corrected chi connectivity index (χ0v) is 9.67. The summed E-state index contributed by atoms with van der Waals surface area (Å²) in [6, 6.07) is 0. The number of rotatable bonds is 6. The van der Waals surface area contributed by atoms with Gasteiger partial charge in [0.2, 0.25) is 0 Å². The molecular formula is C6H12Cl3O2P. The van der Waals surface area contributed by atoms with Gasteiger partial charge >= 0.3 is 0 Å². The highest BCUT2D eigenvalue weighted by molar-refractivity contribution is 7.45. The summed E-state index contributed by atoms with van der Waals surface area (Å²) in [5.74, 6) is 0.813. The molecule has 2 nitrogen and oxygen atoms in total. The van der Waals surface area contributed by atoms with E-state index in [0.717, 1.165) is 0 Å². The maximum atomic E-state index is 8.79. The van der Waals surface area contributed by atoms with Gasteiger partial charge in [-0.3, -0.25) is 0 Å². The molecule has 0 saturated carbocycles. The quantitative estimate of drug-likeness (QED) is 0.564. The Morgan fingerprint density at radius 2 is 1.50 bits per heavy atom. The smallest absolute Gasteiger partial charge is 0.166 e. The molecule has 0 aliphatic carbocycles. The predicted molar refractivity (Wildman–Crippen MR) is 55.5 cm³/mol. The van der Waals surface area contributed by atoms with Crippen LogP contribution in [0, 0.1) is 0 Å². The highest BCUT2D eigenvalue weighted by Crippen LogP contribution is 2.37. The van der Waals surface area contributed by atoms with E-state index in [1.165, 1.54) is 0 Å². The average molecular weight is 253 g/mol. The Balaban J connectivity index is 3.98. The van der Waals surface area contributed by atoms with Crippen molar-refractivity contribution in [1.29, 1.82) is 0 Å². The third kappa shape index (κ3) is 5.80. The summed E-state index contributed by atoms with van der Waals surface area (Å²) >= 11 is 17.1. The van der Waals surface area contributed by atoms with Crippen LogP contribution in [0.2, 0.25) is 0 Å². The maximum absolute atomic E-state index is 8.79. The molecule has 0 aliphatic rings. The summed E-state index contributed by atoms with van der Waals surface area (Å²) in [6.45, 7) is 0. The van der Waals surface area contributed by atoms with Crippen LogP contribution in [-0.4, -0.2) is 32.6 Å². The van der Waals surface area contributed by atoms with E-state index < -0.39 is 13.2 Å². The molecule has 0 spiro atoms. The summed E-state index contributed by atoms with van der Waals surface area (Å²) in [4.78, 5) is 16.9. The molecule has 2 N–H and O–H groups in total. The van der Waals surface area contributed by atoms with Crippen molar-refractivity contribution in [3.05, 3.63) is 0 Å². The van der Waals surface area contributed by atoms with Crippen molar-refractivity contribution >= 4 is 43.2 Å². The van der Waals surface area contributed by atoms with Crippen LogP contribution in [-0.2, 0) is 0 Å². The van der Waals surface area contributed by atoms with Crippen LogP contribution in [0.15, 0.2) is 0 Å². The van der Waals surface area contributed by atoms with E-state index in [-0.39, 0.29) is 6.16 Å². The first-order valence-corrected chi connectivity index (χ1v) is 6.38. The lowest BCUT2D eigenvalue weighted by Crippen LogP contribution is -2.26. The van der Waals surface area contributed by atoms with Crippen molar-refractivity contribution in [2.45, 2.75) is 17.7 Å². The fraction of sp³-hybridized carbons (Fsp3) is 1.00. The topological polar surface area (TPSA) is 40.5 Å². The molecule has 74 valence electrons. The third-order valence-electron chi connectivity index (χ3n) is 1.51. The van der Waals surface area contributed by atoms with Crippen molar-refractivity contribution in [3.8, 4) is 0 Å². The predicted octanol–water partition coefficient (Wildman–Crippen LogP) is 2.52. The van der Waals surface area contributed by atoms with Gasteiger partial charge in [-0.2, -0.15) is 0 Å². The van der Waals surface area contributed by atoms with Crippen LogP contribution >= 0.6 is 43.2 Å². The highest BCUT2D eigenvalue weighted by atomic mass is 35.5. The third-order valence-corrected chi connectivity index (χ3v) is 3.47. The van der Waals surface area contributed by atoms with E-state index in [1.807, 2.05) is 0 Å². The van der Waals surface area contributed by atoms with Gasteiger partial charge in [0.15, 0.2) is 8.38 Å². The Morgan fingerprint density at radius 3 is 1.75 bits per heavy atom. The molecule has 12 heavy (non-hydrogen) atoms. The largest absolute Gasteiger partial charge is 0.350 e. The SMILES string of the molecule is OP(O)CC(Cl)(CCCl)CCCl. The summed E-state index contributed by atoms with van der Waals surface area (Å²) in [6.07, 6.45) is 1.26. The minimum absolute atomic E-state index is 0.170. The minimum atomic E-state index is -1.96. The van der Waals surface area contributed by atoms with Gasteiger partial charge < -0.3 is 9.79 Å². The second-order valence-electron chi connectivity index (χ2n) is 2.56. The minimum Gasteiger partial charge on any atom is -0.350 e. The molecule has 0 heterocycles. The zero-order valence-electron chi connectivity index (χ0n) is 6.51. The van der Waals surface area contributed by atoms with E-state index in [0.29, 0.717) is 24.6 Å². The van der Waals surface area contributed by atoms with E-state index in [1.54, 1.807) is 0 Å². The Hall–Kier alpha value is 1.22. The first-order valence-electron chi connectivity index (χ1n) is 3.50. The van der Waals surface area contributed by atoms with Crippen molar-refractivity contribution in [2.75, 3.05) is 17.9 Å². The van der Waals surface area contributed by atoms with Gasteiger partial charge in [-0.05, 0) is 12.8 Å². The summed E-state index contributed by atoms with van der Waals surface area (Å²) in [5.41, 5.74) is 0. The number of halogens is 3. The number of hydrogen-bond acceptors (Lipinski definition) is 2. The second kappa shape index (κ2) is 6.64. The van der Waals surface area contributed by atoms with Crippen LogP contribution < -0.4 is 0 Å². The summed E-state index contributed by atoms with van der Waals surface area (Å²) in [7, 11) is -1.96. The first-order chi connectivity index (χ1) is 5.54. The van der Waals surface area contributed by atoms with Gasteiger partial charge in [0, 0.05) is 17.9 Å². The number of hydrogen-bond donors (Lipinski definition) is 2. The molecule has 0 saturated heterocycles. The van der Waals surface area contributed by atoms with E-state index >= 15 is 0 Å². The molecule has 0 radical (unpaired) electrons. The number of alkyl halides is 3. The molecule has 0 fully saturated rings. The molecule has 0 bridgehead atoms. The van der Waals surface area contributed by atoms with Crippen LogP contribution in [0.5, 0.6) is 0 Å². The fourth-order valence-electron chi connectivity index (χ4n) is 0.875. The van der Waals surface area contributed by atoms with Gasteiger partial charge in [0.05, 0.1) is 4.87 Å². The Kier molecular flexibility index (Phi) is 7.32. The van der Waals surface area contributed by atoms with Crippen LogP contribution in [0.25, 0.3) is 0 Å². The van der Waals surface area contributed by atoms with E-state index in [2.05, 4.69) is 0 Å². The van der Waals surface area contributed by atoms with Crippen LogP contribution in [0.1, 0.15) is 12.8 Å². The lowest BCUT2D eigenvalue weighted by atomic mass is 10.1. The van der Waals surface area contributed by atoms with Gasteiger partial charge in [0.1, 0.15) is 0 Å². The van der Waals surface area contributed by atoms with Gasteiger partial charge in [-0.25, -0.2) is 0 Å². The molecular weight excluding hydrogens is 241 g/mol. The van der Waals surface area contributed by atoms with Crippen molar-refractivity contribution in [2.24, 2.45) is 0 Å². The molecule has 0 aliphatic heterocycles. The zero-order chi connectivity index (χ0) is 9.61. The Bertz CT molecular complexity index is 117. The summed E-state index contributed by atoms with van der Waals surface area (Å²) in [5, 5.41) is 0. The second-order valence-corrected chi connectivity index (χ2v) is 5.18. The Labute approximate surface area is 88.7 Å². The summed E-state index contributed by atoms with van der Waals surface area (Å²) < 4.78 is 0. The van der Waals surface area contributed by atoms with Crippen molar-refractivity contribution in [3.63, 3.8) is 0 Å². The molecule has 0 unspecified atom stereocenters. The molecule has 0 rings (SSSR count). The normalized spacial score (nSPS) is 12.5. The van der Waals surface area contributed by atoms with Gasteiger partial charge in [-0.1, -0.05) is 0 Å². The van der Waals surface area contributed by atoms with Crippen LogP contribution in [0.4, 0.5) is 0 Å². The Morgan fingerprint density at radius 1 is 1.08 bits per heavy atom. The first kappa shape index (κ1) is 13.2. The maximum Gasteiger partial charge on any atom is 0.166 e. The van der Waals surface area contributed by atoms with E-state index in [9.17, 15) is 0 Å². The molecule has 6 heteroatoms. The lowest BCUT2D eigenvalue weighted by molar-refractivity contribution is 0.462. The van der Waals surface area contributed by atoms with Gasteiger partial charge in [0.25, 0.3) is 0 Å². The highest BCUT2D eigenvalue weighted by Gasteiger charge is 2.28. The van der Waals surface area contributed by atoms with Crippen molar-refractivity contribution < 1.29 is 9.79 Å². The molecule has 0 atom stereocenters. The fourth-order valence-corrected chi connectivity index (χ4v) is 3.13. The standard InChI is InChI=1S/C6H12Cl3O2P/c7-3-1-6(9,2-4-8)5-12(10)11/h10-11H,1-5H2. The molecule has 0 aromatic heterocycles. The lowest BCUT2D eigenvalue weighted by Gasteiger charge is -2.25. The monoisotopic (exact) mass is 252 g/mol. The van der Waals surface area contributed by atoms with E-state index in [4.69, 9.17) is 44.6 Å². The van der Waals surface area contributed by atoms with Gasteiger partial charge in [-0.15, -0.1) is 34.8 Å². The molecule has 0 aromatic rings. The van der Waals surface area contributed by atoms with Crippen LogP contribution in [0.3, 0.4) is 0 Å². The average Bonchev–Trinajstić information content (AvgIpc) is 1.85.